The molecule has 0 radical (unpaired) electrons. The highest BCUT2D eigenvalue weighted by Gasteiger charge is 2.21. The molecule has 1 aliphatic heterocycles. The van der Waals surface area contributed by atoms with Crippen LogP contribution in [0.4, 0.5) is 8.78 Å². The molecular formula is C7H13F2NO. The van der Waals surface area contributed by atoms with Gasteiger partial charge in [-0.2, -0.15) is 8.78 Å². The van der Waals surface area contributed by atoms with E-state index >= 15 is 0 Å². The molecule has 2 atom stereocenters. The Hall–Kier alpha value is -0.220. The molecule has 0 aromatic carbocycles. The monoisotopic (exact) mass is 165 g/mol. The van der Waals surface area contributed by atoms with Crippen LogP contribution in [0.5, 0.6) is 0 Å². The van der Waals surface area contributed by atoms with Crippen molar-refractivity contribution in [2.75, 3.05) is 6.54 Å². The number of nitrogens with one attached hydrogen (secondary N) is 1. The molecule has 0 aromatic rings. The highest BCUT2D eigenvalue weighted by molar-refractivity contribution is 4.74. The normalized spacial score (nSPS) is 32.7. The topological polar surface area (TPSA) is 21.3 Å². The summed E-state index contributed by atoms with van der Waals surface area (Å²) in [4.78, 5) is 0. The molecule has 66 valence electrons. The van der Waals surface area contributed by atoms with Crippen molar-refractivity contribution >= 4 is 0 Å². The Morgan fingerprint density at radius 3 is 2.82 bits per heavy atom. The van der Waals surface area contributed by atoms with E-state index in [0.29, 0.717) is 18.9 Å². The Balaban J connectivity index is 2.23. The summed E-state index contributed by atoms with van der Waals surface area (Å²) in [7, 11) is 0. The zero-order valence-electron chi connectivity index (χ0n) is 6.52. The summed E-state index contributed by atoms with van der Waals surface area (Å²) in [6, 6.07) is 0.299. The lowest BCUT2D eigenvalue weighted by Gasteiger charge is -2.27. The van der Waals surface area contributed by atoms with E-state index in [4.69, 9.17) is 0 Å². The molecule has 0 spiro atoms. The van der Waals surface area contributed by atoms with Gasteiger partial charge in [0.2, 0.25) is 0 Å². The Kier molecular flexibility index (Phi) is 3.20. The van der Waals surface area contributed by atoms with E-state index in [9.17, 15) is 8.78 Å². The Morgan fingerprint density at radius 1 is 1.55 bits per heavy atom. The van der Waals surface area contributed by atoms with Crippen LogP contribution < -0.4 is 5.32 Å². The van der Waals surface area contributed by atoms with Gasteiger partial charge in [-0.05, 0) is 26.3 Å². The van der Waals surface area contributed by atoms with Crippen LogP contribution in [0.2, 0.25) is 0 Å². The average Bonchev–Trinajstić information content (AvgIpc) is 1.85. The van der Waals surface area contributed by atoms with Gasteiger partial charge in [-0.15, -0.1) is 0 Å². The number of ether oxygens (including phenoxy) is 1. The van der Waals surface area contributed by atoms with E-state index in [2.05, 4.69) is 10.1 Å². The van der Waals surface area contributed by atoms with Gasteiger partial charge in [0.25, 0.3) is 0 Å². The van der Waals surface area contributed by atoms with E-state index in [1.807, 2.05) is 6.92 Å². The molecule has 4 heteroatoms. The van der Waals surface area contributed by atoms with Gasteiger partial charge in [0.1, 0.15) is 0 Å². The Labute approximate surface area is 64.9 Å². The zero-order chi connectivity index (χ0) is 8.27. The summed E-state index contributed by atoms with van der Waals surface area (Å²) in [5.41, 5.74) is 0. The minimum atomic E-state index is -2.62. The number of hydrogen-bond donors (Lipinski definition) is 1. The van der Waals surface area contributed by atoms with Crippen molar-refractivity contribution in [1.82, 2.24) is 5.32 Å². The summed E-state index contributed by atoms with van der Waals surface area (Å²) in [6.07, 6.45) is 1.12. The van der Waals surface area contributed by atoms with Crippen LogP contribution in [0.25, 0.3) is 0 Å². The zero-order valence-corrected chi connectivity index (χ0v) is 6.52. The van der Waals surface area contributed by atoms with Gasteiger partial charge in [-0.25, -0.2) is 0 Å². The molecule has 1 saturated heterocycles. The van der Waals surface area contributed by atoms with Gasteiger partial charge in [0, 0.05) is 6.04 Å². The van der Waals surface area contributed by atoms with E-state index in [1.165, 1.54) is 0 Å². The molecule has 11 heavy (non-hydrogen) atoms. The summed E-state index contributed by atoms with van der Waals surface area (Å²) < 4.78 is 27.8. The van der Waals surface area contributed by atoms with Crippen molar-refractivity contribution in [2.24, 2.45) is 0 Å². The molecule has 1 aliphatic rings. The van der Waals surface area contributed by atoms with Crippen LogP contribution in [-0.4, -0.2) is 25.3 Å². The van der Waals surface area contributed by atoms with E-state index in [1.54, 1.807) is 0 Å². The maximum atomic E-state index is 11.7. The van der Waals surface area contributed by atoms with E-state index in [0.717, 1.165) is 6.54 Å². The highest BCUT2D eigenvalue weighted by atomic mass is 19.3. The first-order chi connectivity index (χ1) is 5.18. The predicted octanol–water partition coefficient (Wildman–Crippen LogP) is 1.37. The lowest BCUT2D eigenvalue weighted by Crippen LogP contribution is -2.39. The molecule has 0 aliphatic carbocycles. The Morgan fingerprint density at radius 2 is 2.27 bits per heavy atom. The minimum Gasteiger partial charge on any atom is -0.320 e. The van der Waals surface area contributed by atoms with Crippen LogP contribution >= 0.6 is 0 Å². The summed E-state index contributed by atoms with van der Waals surface area (Å²) >= 11 is 0. The molecule has 0 amide bonds. The number of hydrogen-bond acceptors (Lipinski definition) is 2. The van der Waals surface area contributed by atoms with Crippen molar-refractivity contribution < 1.29 is 13.5 Å². The summed E-state index contributed by atoms with van der Waals surface area (Å²) in [5.74, 6) is 0. The first-order valence-electron chi connectivity index (χ1n) is 3.85. The highest BCUT2D eigenvalue weighted by Crippen LogP contribution is 2.14. The van der Waals surface area contributed by atoms with Crippen molar-refractivity contribution in [1.29, 1.82) is 0 Å². The van der Waals surface area contributed by atoms with Gasteiger partial charge in [0.05, 0.1) is 6.10 Å². The molecule has 0 bridgehead atoms. The van der Waals surface area contributed by atoms with Gasteiger partial charge in [-0.1, -0.05) is 0 Å². The predicted molar refractivity (Wildman–Crippen MR) is 37.6 cm³/mol. The maximum Gasteiger partial charge on any atom is 0.345 e. The first-order valence-corrected chi connectivity index (χ1v) is 3.85. The molecule has 0 aromatic heterocycles. The van der Waals surface area contributed by atoms with Crippen molar-refractivity contribution in [3.63, 3.8) is 0 Å². The molecule has 1 heterocycles. The fourth-order valence-corrected chi connectivity index (χ4v) is 1.36. The third-order valence-corrected chi connectivity index (χ3v) is 1.87. The Bertz CT molecular complexity index is 119. The largest absolute Gasteiger partial charge is 0.345 e. The lowest BCUT2D eigenvalue weighted by molar-refractivity contribution is -0.170. The van der Waals surface area contributed by atoms with Crippen LogP contribution in [-0.2, 0) is 4.74 Å². The van der Waals surface area contributed by atoms with Crippen LogP contribution in [0, 0.1) is 0 Å². The summed E-state index contributed by atoms with van der Waals surface area (Å²) in [6.45, 7) is 0.129. The van der Waals surface area contributed by atoms with Crippen LogP contribution in [0.15, 0.2) is 0 Å². The summed E-state index contributed by atoms with van der Waals surface area (Å²) in [5, 5.41) is 3.16. The molecule has 1 rings (SSSR count). The molecule has 1 fully saturated rings. The molecule has 1 N–H and O–H groups in total. The van der Waals surface area contributed by atoms with Gasteiger partial charge >= 0.3 is 6.61 Å². The van der Waals surface area contributed by atoms with Crippen molar-refractivity contribution in [3.05, 3.63) is 0 Å². The second-order valence-corrected chi connectivity index (χ2v) is 2.90. The number of piperidine rings is 1. The van der Waals surface area contributed by atoms with Crippen molar-refractivity contribution in [3.8, 4) is 0 Å². The SMILES string of the molecule is CC1CC(OC(F)F)CCN1. The van der Waals surface area contributed by atoms with Gasteiger partial charge in [-0.3, -0.25) is 0 Å². The lowest BCUT2D eigenvalue weighted by atomic mass is 10.0. The average molecular weight is 165 g/mol. The fraction of sp³-hybridized carbons (Fsp3) is 1.00. The van der Waals surface area contributed by atoms with E-state index in [-0.39, 0.29) is 6.10 Å². The second kappa shape index (κ2) is 3.97. The van der Waals surface area contributed by atoms with Crippen molar-refractivity contribution in [2.45, 2.75) is 38.5 Å². The number of alkyl halides is 2. The number of halogens is 2. The molecule has 2 unspecified atom stereocenters. The third kappa shape index (κ3) is 3.12. The molecule has 0 saturated carbocycles. The maximum absolute atomic E-state index is 11.7. The quantitative estimate of drug-likeness (QED) is 0.667. The first kappa shape index (κ1) is 8.87. The molecular weight excluding hydrogens is 152 g/mol. The van der Waals surface area contributed by atoms with Crippen LogP contribution in [0.1, 0.15) is 19.8 Å². The third-order valence-electron chi connectivity index (χ3n) is 1.87. The molecule has 2 nitrogen and oxygen atoms in total. The standard InChI is InChI=1S/C7H13F2NO/c1-5-4-6(2-3-10-5)11-7(8)9/h5-7,10H,2-4H2,1H3. The van der Waals surface area contributed by atoms with Crippen LogP contribution in [0.3, 0.4) is 0 Å². The smallest absolute Gasteiger partial charge is 0.320 e. The number of rotatable bonds is 2. The minimum absolute atomic E-state index is 0.258. The fourth-order valence-electron chi connectivity index (χ4n) is 1.36. The van der Waals surface area contributed by atoms with E-state index < -0.39 is 6.61 Å². The second-order valence-electron chi connectivity index (χ2n) is 2.90. The van der Waals surface area contributed by atoms with Gasteiger partial charge < -0.3 is 10.1 Å². The van der Waals surface area contributed by atoms with Gasteiger partial charge in [0.15, 0.2) is 0 Å².